The molecule has 3 aromatic heterocycles. The van der Waals surface area contributed by atoms with E-state index in [0.29, 0.717) is 21.3 Å². The average Bonchev–Trinajstić information content (AvgIpc) is 3.30. The number of benzene rings is 1. The first-order valence-corrected chi connectivity index (χ1v) is 12.9. The average molecular weight is 546 g/mol. The molecule has 13 heteroatoms. The predicted octanol–water partition coefficient (Wildman–Crippen LogP) is 2.25. The molecule has 0 aliphatic rings. The van der Waals surface area contributed by atoms with E-state index >= 15 is 0 Å². The summed E-state index contributed by atoms with van der Waals surface area (Å²) in [6.45, 7) is 1.96. The van der Waals surface area contributed by atoms with Crippen LogP contribution in [0.2, 0.25) is 0 Å². The first-order valence-electron chi connectivity index (χ1n) is 11.1. The van der Waals surface area contributed by atoms with Crippen molar-refractivity contribution < 1.29 is 13.9 Å². The van der Waals surface area contributed by atoms with Crippen LogP contribution in [0.3, 0.4) is 0 Å². The van der Waals surface area contributed by atoms with Crippen molar-refractivity contribution >= 4 is 44.9 Å². The van der Waals surface area contributed by atoms with Gasteiger partial charge < -0.3 is 10.5 Å². The van der Waals surface area contributed by atoms with Gasteiger partial charge >= 0.3 is 5.69 Å². The zero-order valence-corrected chi connectivity index (χ0v) is 22.1. The molecule has 0 saturated heterocycles. The summed E-state index contributed by atoms with van der Waals surface area (Å²) in [5, 5.41) is 1.57. The van der Waals surface area contributed by atoms with Crippen molar-refractivity contribution in [3.05, 3.63) is 72.2 Å². The minimum atomic E-state index is -0.859. The number of ketones is 1. The summed E-state index contributed by atoms with van der Waals surface area (Å²) in [5.74, 6) is -1.21. The molecule has 1 aromatic carbocycles. The molecule has 0 radical (unpaired) electrons. The summed E-state index contributed by atoms with van der Waals surface area (Å²) in [6.07, 6.45) is 0. The number of fused-ring (bicyclic) bond motifs is 1. The largest absolute Gasteiger partial charge is 0.384 e. The van der Waals surface area contributed by atoms with E-state index in [9.17, 15) is 23.6 Å². The Kier molecular flexibility index (Phi) is 7.48. The van der Waals surface area contributed by atoms with Crippen LogP contribution in [0.5, 0.6) is 0 Å². The Morgan fingerprint density at radius 2 is 1.84 bits per heavy atom. The molecule has 194 valence electrons. The number of thioether (sulfide) groups is 1. The number of aromatic nitrogens is 4. The number of ether oxygens (including phenoxy) is 1. The molecule has 0 unspecified atom stereocenters. The number of hydrogen-bond acceptors (Lipinski definition) is 9. The van der Waals surface area contributed by atoms with E-state index in [1.165, 1.54) is 49.2 Å². The van der Waals surface area contributed by atoms with E-state index in [2.05, 4.69) is 4.98 Å². The van der Waals surface area contributed by atoms with E-state index in [1.54, 1.807) is 24.4 Å². The number of methoxy groups -OCH3 is 1. The van der Waals surface area contributed by atoms with E-state index in [1.807, 2.05) is 0 Å². The first-order chi connectivity index (χ1) is 17.6. The van der Waals surface area contributed by atoms with Crippen molar-refractivity contribution in [1.82, 2.24) is 18.7 Å². The summed E-state index contributed by atoms with van der Waals surface area (Å²) in [5.41, 5.74) is 5.20. The second-order valence-electron chi connectivity index (χ2n) is 8.27. The van der Waals surface area contributed by atoms with Crippen LogP contribution in [0.4, 0.5) is 10.2 Å². The lowest BCUT2D eigenvalue weighted by Gasteiger charge is -2.16. The molecular formula is C24H24FN5O5S2. The van der Waals surface area contributed by atoms with Gasteiger partial charge in [0.25, 0.3) is 11.1 Å². The monoisotopic (exact) mass is 545 g/mol. The third-order valence-electron chi connectivity index (χ3n) is 5.94. The van der Waals surface area contributed by atoms with Crippen molar-refractivity contribution in [2.45, 2.75) is 23.9 Å². The lowest BCUT2D eigenvalue weighted by Crippen LogP contribution is -2.42. The Morgan fingerprint density at radius 1 is 1.16 bits per heavy atom. The van der Waals surface area contributed by atoms with Crippen LogP contribution >= 0.6 is 23.1 Å². The normalized spacial score (nSPS) is 12.2. The fraction of sp³-hybridized carbons (Fsp3) is 0.292. The molecule has 1 atom stereocenters. The van der Waals surface area contributed by atoms with Crippen molar-refractivity contribution in [2.24, 2.45) is 14.1 Å². The summed E-state index contributed by atoms with van der Waals surface area (Å²) < 4.78 is 21.9. The zero-order chi connectivity index (χ0) is 27.0. The molecule has 3 heterocycles. The highest BCUT2D eigenvalue weighted by Crippen LogP contribution is 2.33. The molecular weight excluding hydrogens is 521 g/mol. The van der Waals surface area contributed by atoms with Crippen LogP contribution < -0.4 is 22.5 Å². The molecule has 2 N–H and O–H groups in total. The van der Waals surface area contributed by atoms with Crippen molar-refractivity contribution in [2.75, 3.05) is 19.5 Å². The van der Waals surface area contributed by atoms with Crippen molar-refractivity contribution in [1.29, 1.82) is 0 Å². The number of nitrogens with two attached hydrogens (primary N) is 1. The molecule has 37 heavy (non-hydrogen) atoms. The molecule has 0 fully saturated rings. The van der Waals surface area contributed by atoms with Crippen LogP contribution in [0.25, 0.3) is 21.3 Å². The maximum Gasteiger partial charge on any atom is 0.332 e. The van der Waals surface area contributed by atoms with E-state index in [0.717, 1.165) is 20.9 Å². The van der Waals surface area contributed by atoms with Gasteiger partial charge in [-0.25, -0.2) is 14.2 Å². The quantitative estimate of drug-likeness (QED) is 0.203. The summed E-state index contributed by atoms with van der Waals surface area (Å²) in [7, 11) is 4.15. The van der Waals surface area contributed by atoms with E-state index in [-0.39, 0.29) is 41.1 Å². The molecule has 0 aliphatic heterocycles. The number of anilines is 1. The second-order valence-corrected chi connectivity index (χ2v) is 10.4. The number of carbonyl (C=O) groups excluding carboxylic acids is 1. The van der Waals surface area contributed by atoms with Crippen LogP contribution in [0.15, 0.2) is 49.2 Å². The molecule has 10 nitrogen and oxygen atoms in total. The molecule has 4 rings (SSSR count). The molecule has 0 saturated carbocycles. The Labute approximate surface area is 218 Å². The van der Waals surface area contributed by atoms with Gasteiger partial charge in [-0.2, -0.15) is 0 Å². The Hall–Kier alpha value is -3.55. The maximum absolute atomic E-state index is 13.6. The van der Waals surface area contributed by atoms with Crippen molar-refractivity contribution in [3.63, 3.8) is 0 Å². The Balaban J connectivity index is 1.79. The van der Waals surface area contributed by atoms with E-state index in [4.69, 9.17) is 10.5 Å². The third kappa shape index (κ3) is 4.77. The van der Waals surface area contributed by atoms with Gasteiger partial charge in [-0.15, -0.1) is 11.3 Å². The number of nitrogen functional groups attached to an aromatic ring is 1. The van der Waals surface area contributed by atoms with Gasteiger partial charge in [-0.05, 0) is 24.6 Å². The maximum atomic E-state index is 13.6. The minimum Gasteiger partial charge on any atom is -0.384 e. The zero-order valence-electron chi connectivity index (χ0n) is 20.5. The number of nitrogens with zero attached hydrogens (tertiary/aromatic N) is 4. The van der Waals surface area contributed by atoms with Gasteiger partial charge in [-0.3, -0.25) is 28.1 Å². The third-order valence-corrected chi connectivity index (χ3v) is 7.90. The van der Waals surface area contributed by atoms with Crippen LogP contribution in [-0.4, -0.2) is 43.4 Å². The lowest BCUT2D eigenvalue weighted by molar-refractivity contribution is 0.0992. The number of thiophene rings is 1. The fourth-order valence-electron chi connectivity index (χ4n) is 3.82. The summed E-state index contributed by atoms with van der Waals surface area (Å²) >= 11 is 2.26. The number of carbonyl (C=O) groups is 1. The predicted molar refractivity (Wildman–Crippen MR) is 142 cm³/mol. The van der Waals surface area contributed by atoms with Gasteiger partial charge in [0.05, 0.1) is 23.8 Å². The summed E-state index contributed by atoms with van der Waals surface area (Å²) in [4.78, 5) is 56.8. The van der Waals surface area contributed by atoms with Crippen molar-refractivity contribution in [3.8, 4) is 11.1 Å². The van der Waals surface area contributed by atoms with E-state index < -0.39 is 22.3 Å². The Bertz CT molecular complexity index is 1690. The molecule has 0 bridgehead atoms. The number of halogens is 1. The second kappa shape index (κ2) is 10.4. The highest BCUT2D eigenvalue weighted by molar-refractivity contribution is 8.00. The smallest absolute Gasteiger partial charge is 0.332 e. The van der Waals surface area contributed by atoms with Gasteiger partial charge in [0.2, 0.25) is 0 Å². The summed E-state index contributed by atoms with van der Waals surface area (Å²) in [6, 6.07) is 5.83. The first kappa shape index (κ1) is 26.5. The van der Waals surface area contributed by atoms with Gasteiger partial charge in [0, 0.05) is 32.1 Å². The number of rotatable bonds is 8. The highest BCUT2D eigenvalue weighted by Gasteiger charge is 2.27. The van der Waals surface area contributed by atoms with Gasteiger partial charge in [-0.1, -0.05) is 23.9 Å². The molecule has 0 spiro atoms. The standard InChI is InChI=1S/C24H24FN5O5S2/c1-12(18(31)17-19(26)28(2)24(34)29(3)21(17)32)37-23-27-20-16(22(33)30(23)9-10-35-4)15(11-36-20)13-5-7-14(25)8-6-13/h5-8,11-12H,9-10,26H2,1-4H3/t12-/m0/s1. The van der Waals surface area contributed by atoms with Crippen LogP contribution in [-0.2, 0) is 25.4 Å². The fourth-order valence-corrected chi connectivity index (χ4v) is 5.81. The lowest BCUT2D eigenvalue weighted by atomic mass is 10.1. The Morgan fingerprint density at radius 3 is 2.49 bits per heavy atom. The SMILES string of the molecule is COCCn1c(S[C@@H](C)C(=O)c2c(N)n(C)c(=O)n(C)c2=O)nc2scc(-c3ccc(F)cc3)c2c1=O. The topological polar surface area (TPSA) is 131 Å². The molecule has 0 amide bonds. The number of hydrogen-bond donors (Lipinski definition) is 1. The molecule has 0 aliphatic carbocycles. The van der Waals surface area contributed by atoms with Gasteiger partial charge in [0.15, 0.2) is 10.9 Å². The highest BCUT2D eigenvalue weighted by atomic mass is 32.2. The molecule has 4 aromatic rings. The minimum absolute atomic E-state index is 0.171. The van der Waals surface area contributed by atoms with Gasteiger partial charge in [0.1, 0.15) is 22.0 Å². The number of Topliss-reactive ketones (excluding diaryl/α,β-unsaturated/α-hetero) is 1. The van der Waals surface area contributed by atoms with Crippen LogP contribution in [0.1, 0.15) is 17.3 Å². The van der Waals surface area contributed by atoms with Crippen LogP contribution in [0, 0.1) is 5.82 Å².